The molecule has 3 N–H and O–H groups in total. The predicted molar refractivity (Wildman–Crippen MR) is 145 cm³/mol. The van der Waals surface area contributed by atoms with Gasteiger partial charge in [0.05, 0.1) is 17.4 Å². The third-order valence-electron chi connectivity index (χ3n) is 8.94. The molecule has 0 saturated carbocycles. The van der Waals surface area contributed by atoms with Crippen molar-refractivity contribution in [1.82, 2.24) is 15.5 Å². The molecular weight excluding hydrogens is 482 g/mol. The van der Waals surface area contributed by atoms with Crippen LogP contribution in [0, 0.1) is 11.8 Å². The summed E-state index contributed by atoms with van der Waals surface area (Å²) in [4.78, 5) is 43.4. The molecular formula is C30H45N3O5. The summed E-state index contributed by atoms with van der Waals surface area (Å²) in [6, 6.07) is 8.99. The third-order valence-corrected chi connectivity index (χ3v) is 8.94. The maximum Gasteiger partial charge on any atom is 0.246 e. The fourth-order valence-electron chi connectivity index (χ4n) is 7.13. The number of carbonyl (C=O) groups is 3. The Labute approximate surface area is 226 Å². The molecule has 3 amide bonds. The van der Waals surface area contributed by atoms with E-state index in [2.05, 4.69) is 17.6 Å². The highest BCUT2D eigenvalue weighted by molar-refractivity contribution is 5.99. The maximum absolute atomic E-state index is 14.1. The van der Waals surface area contributed by atoms with Crippen molar-refractivity contribution in [3.63, 3.8) is 0 Å². The maximum atomic E-state index is 14.1. The molecule has 4 rings (SSSR count). The predicted octanol–water partition coefficient (Wildman–Crippen LogP) is 3.32. The number of hydrogen-bond acceptors (Lipinski definition) is 5. The molecule has 2 bridgehead atoms. The number of aliphatic hydroxyl groups is 1. The second-order valence-electron chi connectivity index (χ2n) is 11.4. The molecule has 8 heteroatoms. The Morgan fingerprint density at radius 2 is 1.84 bits per heavy atom. The van der Waals surface area contributed by atoms with Gasteiger partial charge in [0.15, 0.2) is 0 Å². The molecule has 3 heterocycles. The third kappa shape index (κ3) is 5.22. The second kappa shape index (κ2) is 12.2. The minimum absolute atomic E-state index is 0.00633. The SMILES string of the molecule is CCCC(C)NC(=O)C1N(CCCCCCO)C(=O)[C@@H]2[C@H](C(=O)NCc3ccccc3)[C@]3(CC)CCC12O3. The number of fused-ring (bicyclic) bond motifs is 1. The van der Waals surface area contributed by atoms with E-state index in [1.165, 1.54) is 0 Å². The fourth-order valence-corrected chi connectivity index (χ4v) is 7.13. The molecule has 0 radical (unpaired) electrons. The van der Waals surface area contributed by atoms with Crippen molar-refractivity contribution in [3.8, 4) is 0 Å². The number of unbranched alkanes of at least 4 members (excludes halogenated alkanes) is 3. The largest absolute Gasteiger partial charge is 0.396 e. The Morgan fingerprint density at radius 1 is 1.11 bits per heavy atom. The lowest BCUT2D eigenvalue weighted by Gasteiger charge is -2.34. The van der Waals surface area contributed by atoms with Gasteiger partial charge < -0.3 is 25.4 Å². The Bertz CT molecular complexity index is 987. The summed E-state index contributed by atoms with van der Waals surface area (Å²) in [5.41, 5.74) is -0.722. The molecule has 1 spiro atoms. The van der Waals surface area contributed by atoms with Crippen LogP contribution in [0.3, 0.4) is 0 Å². The number of amides is 3. The van der Waals surface area contributed by atoms with E-state index in [-0.39, 0.29) is 30.4 Å². The molecule has 38 heavy (non-hydrogen) atoms. The number of aliphatic hydroxyl groups excluding tert-OH is 1. The van der Waals surface area contributed by atoms with E-state index in [1.807, 2.05) is 44.2 Å². The van der Waals surface area contributed by atoms with Crippen molar-refractivity contribution in [2.24, 2.45) is 11.8 Å². The number of ether oxygens (including phenoxy) is 1. The first-order valence-corrected chi connectivity index (χ1v) is 14.6. The molecule has 1 aromatic carbocycles. The highest BCUT2D eigenvalue weighted by Crippen LogP contribution is 2.64. The van der Waals surface area contributed by atoms with Crippen LogP contribution in [-0.4, -0.2) is 64.2 Å². The van der Waals surface area contributed by atoms with Gasteiger partial charge in [-0.2, -0.15) is 0 Å². The average Bonchev–Trinajstić information content (AvgIpc) is 3.51. The summed E-state index contributed by atoms with van der Waals surface area (Å²) in [6.45, 7) is 7.08. The molecule has 3 aliphatic rings. The van der Waals surface area contributed by atoms with Crippen LogP contribution >= 0.6 is 0 Å². The van der Waals surface area contributed by atoms with Crippen LogP contribution < -0.4 is 10.6 Å². The van der Waals surface area contributed by atoms with Crippen LogP contribution in [0.15, 0.2) is 30.3 Å². The van der Waals surface area contributed by atoms with Crippen molar-refractivity contribution in [2.75, 3.05) is 13.2 Å². The Hall–Kier alpha value is -2.45. The molecule has 3 fully saturated rings. The first-order chi connectivity index (χ1) is 18.3. The highest BCUT2D eigenvalue weighted by atomic mass is 16.5. The molecule has 6 atom stereocenters. The monoisotopic (exact) mass is 527 g/mol. The van der Waals surface area contributed by atoms with Gasteiger partial charge in [-0.1, -0.05) is 63.4 Å². The van der Waals surface area contributed by atoms with Gasteiger partial charge >= 0.3 is 0 Å². The van der Waals surface area contributed by atoms with E-state index in [1.54, 1.807) is 4.90 Å². The quantitative estimate of drug-likeness (QED) is 0.322. The zero-order valence-electron chi connectivity index (χ0n) is 23.2. The van der Waals surface area contributed by atoms with Gasteiger partial charge in [-0.15, -0.1) is 0 Å². The van der Waals surface area contributed by atoms with E-state index in [0.29, 0.717) is 32.4 Å². The second-order valence-corrected chi connectivity index (χ2v) is 11.4. The fraction of sp³-hybridized carbons (Fsp3) is 0.700. The van der Waals surface area contributed by atoms with E-state index in [4.69, 9.17) is 9.84 Å². The van der Waals surface area contributed by atoms with Gasteiger partial charge in [-0.25, -0.2) is 0 Å². The minimum atomic E-state index is -0.983. The molecule has 3 unspecified atom stereocenters. The molecule has 0 aliphatic carbocycles. The molecule has 210 valence electrons. The van der Waals surface area contributed by atoms with Crippen molar-refractivity contribution < 1.29 is 24.2 Å². The molecule has 3 aliphatic heterocycles. The summed E-state index contributed by atoms with van der Waals surface area (Å²) < 4.78 is 6.81. The van der Waals surface area contributed by atoms with Gasteiger partial charge in [-0.3, -0.25) is 14.4 Å². The number of benzene rings is 1. The number of nitrogens with one attached hydrogen (secondary N) is 2. The zero-order chi connectivity index (χ0) is 27.3. The number of nitrogens with zero attached hydrogens (tertiary/aromatic N) is 1. The van der Waals surface area contributed by atoms with Gasteiger partial charge in [0.2, 0.25) is 17.7 Å². The standard InChI is InChI=1S/C30H45N3O5/c1-4-13-21(3)32-27(36)25-30-17-16-29(5-2,38-30)23(26(35)31-20-22-14-9-8-10-15-22)24(30)28(37)33(25)18-11-6-7-12-19-34/h8-10,14-15,21,23-25,34H,4-7,11-13,16-20H2,1-3H3,(H,31,35)(H,32,36)/t21?,23-,24+,25?,29+,30?/m1/s1. The van der Waals surface area contributed by atoms with E-state index >= 15 is 0 Å². The Balaban J connectivity index is 1.61. The lowest BCUT2D eigenvalue weighted by atomic mass is 9.65. The first kappa shape index (κ1) is 28.6. The first-order valence-electron chi connectivity index (χ1n) is 14.6. The van der Waals surface area contributed by atoms with Crippen LogP contribution in [0.1, 0.15) is 84.1 Å². The van der Waals surface area contributed by atoms with E-state index in [9.17, 15) is 14.4 Å². The molecule has 0 aromatic heterocycles. The van der Waals surface area contributed by atoms with E-state index in [0.717, 1.165) is 44.1 Å². The Kier molecular flexibility index (Phi) is 9.14. The summed E-state index contributed by atoms with van der Waals surface area (Å²) in [7, 11) is 0. The summed E-state index contributed by atoms with van der Waals surface area (Å²) in [6.07, 6.45) is 6.89. The van der Waals surface area contributed by atoms with Crippen LogP contribution in [0.5, 0.6) is 0 Å². The number of hydrogen-bond donors (Lipinski definition) is 3. The molecule has 1 aromatic rings. The summed E-state index contributed by atoms with van der Waals surface area (Å²) in [5.74, 6) is -1.76. The number of carbonyl (C=O) groups excluding carboxylic acids is 3. The van der Waals surface area contributed by atoms with Gasteiger partial charge in [0.1, 0.15) is 11.6 Å². The van der Waals surface area contributed by atoms with Crippen LogP contribution in [-0.2, 0) is 25.7 Å². The van der Waals surface area contributed by atoms with E-state index < -0.39 is 29.1 Å². The van der Waals surface area contributed by atoms with Gasteiger partial charge in [0, 0.05) is 25.7 Å². The van der Waals surface area contributed by atoms with Crippen molar-refractivity contribution in [1.29, 1.82) is 0 Å². The molecule has 3 saturated heterocycles. The lowest BCUT2D eigenvalue weighted by molar-refractivity contribution is -0.148. The lowest BCUT2D eigenvalue weighted by Crippen LogP contribution is -2.56. The summed E-state index contributed by atoms with van der Waals surface area (Å²) >= 11 is 0. The van der Waals surface area contributed by atoms with Gasteiger partial charge in [0.25, 0.3) is 0 Å². The normalized spacial score (nSPS) is 30.4. The van der Waals surface area contributed by atoms with Crippen molar-refractivity contribution in [3.05, 3.63) is 35.9 Å². The number of rotatable bonds is 14. The smallest absolute Gasteiger partial charge is 0.246 e. The van der Waals surface area contributed by atoms with Gasteiger partial charge in [-0.05, 0) is 51.0 Å². The van der Waals surface area contributed by atoms with Crippen molar-refractivity contribution >= 4 is 17.7 Å². The molecule has 8 nitrogen and oxygen atoms in total. The van der Waals surface area contributed by atoms with Crippen molar-refractivity contribution in [2.45, 2.75) is 108 Å². The number of likely N-dealkylation sites (tertiary alicyclic amines) is 1. The van der Waals surface area contributed by atoms with Crippen LogP contribution in [0.2, 0.25) is 0 Å². The average molecular weight is 528 g/mol. The van der Waals surface area contributed by atoms with Crippen LogP contribution in [0.4, 0.5) is 0 Å². The van der Waals surface area contributed by atoms with Crippen LogP contribution in [0.25, 0.3) is 0 Å². The zero-order valence-corrected chi connectivity index (χ0v) is 23.2. The topological polar surface area (TPSA) is 108 Å². The Morgan fingerprint density at radius 3 is 2.53 bits per heavy atom. The highest BCUT2D eigenvalue weighted by Gasteiger charge is 2.78. The summed E-state index contributed by atoms with van der Waals surface area (Å²) in [5, 5.41) is 15.3. The minimum Gasteiger partial charge on any atom is -0.396 e.